The molecule has 0 aliphatic carbocycles. The molecule has 23 heavy (non-hydrogen) atoms. The molecule has 1 heterocycles. The highest BCUT2D eigenvalue weighted by Gasteiger charge is 2.41. The van der Waals surface area contributed by atoms with Gasteiger partial charge in [0.05, 0.1) is 17.1 Å². The first-order valence-electron chi connectivity index (χ1n) is 7.23. The number of hydrogen-bond acceptors (Lipinski definition) is 2. The van der Waals surface area contributed by atoms with Crippen LogP contribution in [-0.2, 0) is 10.2 Å². The third kappa shape index (κ3) is 2.83. The van der Waals surface area contributed by atoms with Gasteiger partial charge >= 0.3 is 10.2 Å². The average molecular weight is 399 g/mol. The fraction of sp³-hybridized carbons (Fsp3) is 0.250. The van der Waals surface area contributed by atoms with Crippen LogP contribution in [0.5, 0.6) is 0 Å². The summed E-state index contributed by atoms with van der Waals surface area (Å²) in [5.41, 5.74) is 1.08. The maximum Gasteiger partial charge on any atom is 0.331 e. The monoisotopic (exact) mass is 398 g/mol. The number of para-hydroxylation sites is 3. The largest absolute Gasteiger partial charge is 0.331 e. The lowest BCUT2D eigenvalue weighted by atomic mass is 10.2. The van der Waals surface area contributed by atoms with Crippen LogP contribution in [0.15, 0.2) is 48.5 Å². The van der Waals surface area contributed by atoms with Crippen LogP contribution in [0.25, 0.3) is 0 Å². The van der Waals surface area contributed by atoms with Gasteiger partial charge in [0.2, 0.25) is 0 Å². The highest BCUT2D eigenvalue weighted by Crippen LogP contribution is 2.45. The van der Waals surface area contributed by atoms with Gasteiger partial charge in [0, 0.05) is 11.4 Å². The second-order valence-corrected chi connectivity index (χ2v) is 8.62. The van der Waals surface area contributed by atoms with Crippen molar-refractivity contribution in [1.29, 1.82) is 0 Å². The number of hydrogen-bond donors (Lipinski definition) is 0. The summed E-state index contributed by atoms with van der Waals surface area (Å²) in [6, 6.07) is 12.9. The summed E-state index contributed by atoms with van der Waals surface area (Å²) >= 11 is 3.44. The molecule has 2 aromatic carbocycles. The standard InChI is InChI=1S/C16H16BrFN2O2S/c1-12(17)10-11-19-15-8-4-5-9-16(15)20(23(19,21)22)14-7-3-2-6-13(14)18/h2-9,12H,10-11H2,1H3. The Morgan fingerprint density at radius 2 is 1.61 bits per heavy atom. The average Bonchev–Trinajstić information content (AvgIpc) is 2.72. The zero-order valence-electron chi connectivity index (χ0n) is 12.5. The molecule has 0 radical (unpaired) electrons. The third-order valence-electron chi connectivity index (χ3n) is 3.68. The first-order valence-corrected chi connectivity index (χ1v) is 9.55. The van der Waals surface area contributed by atoms with Crippen molar-refractivity contribution in [3.8, 4) is 0 Å². The molecule has 1 aliphatic rings. The Morgan fingerprint density at radius 1 is 1.04 bits per heavy atom. The van der Waals surface area contributed by atoms with Crippen LogP contribution in [-0.4, -0.2) is 19.8 Å². The van der Waals surface area contributed by atoms with E-state index in [2.05, 4.69) is 15.9 Å². The number of benzene rings is 2. The molecule has 7 heteroatoms. The van der Waals surface area contributed by atoms with E-state index in [9.17, 15) is 12.8 Å². The third-order valence-corrected chi connectivity index (χ3v) is 5.93. The van der Waals surface area contributed by atoms with E-state index >= 15 is 0 Å². The van der Waals surface area contributed by atoms with Gasteiger partial charge in [-0.05, 0) is 30.7 Å². The lowest BCUT2D eigenvalue weighted by molar-refractivity contribution is 0.589. The topological polar surface area (TPSA) is 40.6 Å². The second kappa shape index (κ2) is 6.13. The number of alkyl halides is 1. The van der Waals surface area contributed by atoms with Crippen molar-refractivity contribution in [3.63, 3.8) is 0 Å². The van der Waals surface area contributed by atoms with E-state index in [0.29, 0.717) is 24.3 Å². The van der Waals surface area contributed by atoms with E-state index in [-0.39, 0.29) is 10.5 Å². The summed E-state index contributed by atoms with van der Waals surface area (Å²) in [6.45, 7) is 2.29. The number of anilines is 3. The predicted molar refractivity (Wildman–Crippen MR) is 94.3 cm³/mol. The molecule has 122 valence electrons. The summed E-state index contributed by atoms with van der Waals surface area (Å²) in [7, 11) is -3.85. The van der Waals surface area contributed by atoms with Gasteiger partial charge in [-0.25, -0.2) is 8.70 Å². The Labute approximate surface area is 143 Å². The van der Waals surface area contributed by atoms with Crippen LogP contribution >= 0.6 is 15.9 Å². The van der Waals surface area contributed by atoms with E-state index in [4.69, 9.17) is 0 Å². The van der Waals surface area contributed by atoms with Gasteiger partial charge in [-0.1, -0.05) is 47.1 Å². The van der Waals surface area contributed by atoms with E-state index < -0.39 is 16.0 Å². The van der Waals surface area contributed by atoms with Crippen molar-refractivity contribution in [3.05, 3.63) is 54.3 Å². The van der Waals surface area contributed by atoms with Gasteiger partial charge in [0.1, 0.15) is 5.82 Å². The summed E-state index contributed by atoms with van der Waals surface area (Å²) in [4.78, 5) is 0.187. The summed E-state index contributed by atoms with van der Waals surface area (Å²) in [5, 5.41) is 0. The van der Waals surface area contributed by atoms with Gasteiger partial charge in [-0.15, -0.1) is 0 Å². The molecule has 0 fully saturated rings. The first kappa shape index (κ1) is 16.3. The minimum Gasteiger partial charge on any atom is -0.251 e. The fourth-order valence-corrected chi connectivity index (χ4v) is 4.54. The summed E-state index contributed by atoms with van der Waals surface area (Å²) in [6.07, 6.45) is 0.651. The second-order valence-electron chi connectivity index (χ2n) is 5.35. The maximum atomic E-state index is 14.2. The van der Waals surface area contributed by atoms with Crippen LogP contribution in [0, 0.1) is 5.82 Å². The van der Waals surface area contributed by atoms with Crippen molar-refractivity contribution >= 4 is 43.2 Å². The Hall–Kier alpha value is -1.60. The van der Waals surface area contributed by atoms with Crippen LogP contribution in [0.3, 0.4) is 0 Å². The molecule has 0 saturated heterocycles. The number of rotatable bonds is 4. The van der Waals surface area contributed by atoms with E-state index in [0.717, 1.165) is 4.31 Å². The quantitative estimate of drug-likeness (QED) is 0.723. The van der Waals surface area contributed by atoms with E-state index in [1.165, 1.54) is 22.5 Å². The van der Waals surface area contributed by atoms with Crippen molar-refractivity contribution in [2.24, 2.45) is 0 Å². The SMILES string of the molecule is CC(Br)CCN1c2ccccc2N(c2ccccc2F)S1(=O)=O. The maximum absolute atomic E-state index is 14.2. The van der Waals surface area contributed by atoms with Crippen LogP contribution < -0.4 is 8.61 Å². The van der Waals surface area contributed by atoms with Gasteiger partial charge in [0.15, 0.2) is 0 Å². The van der Waals surface area contributed by atoms with Crippen molar-refractivity contribution < 1.29 is 12.8 Å². The highest BCUT2D eigenvalue weighted by molar-refractivity contribution is 9.09. The molecule has 1 unspecified atom stereocenters. The minimum absolute atomic E-state index is 0.0364. The van der Waals surface area contributed by atoms with Crippen LogP contribution in [0.2, 0.25) is 0 Å². The van der Waals surface area contributed by atoms with Crippen molar-refractivity contribution in [2.75, 3.05) is 15.2 Å². The van der Waals surface area contributed by atoms with E-state index in [1.54, 1.807) is 30.3 Å². The lowest BCUT2D eigenvalue weighted by Crippen LogP contribution is -2.36. The van der Waals surface area contributed by atoms with Crippen LogP contribution in [0.1, 0.15) is 13.3 Å². The molecule has 2 aromatic rings. The number of halogens is 2. The molecular weight excluding hydrogens is 383 g/mol. The molecule has 1 atom stereocenters. The predicted octanol–water partition coefficient (Wildman–Crippen LogP) is 4.20. The number of fused-ring (bicyclic) bond motifs is 1. The zero-order valence-corrected chi connectivity index (χ0v) is 14.9. The molecular formula is C16H16BrFN2O2S. The van der Waals surface area contributed by atoms with Crippen molar-refractivity contribution in [2.45, 2.75) is 18.2 Å². The smallest absolute Gasteiger partial charge is 0.251 e. The normalized spacial score (nSPS) is 17.2. The summed E-state index contributed by atoms with van der Waals surface area (Å²) < 4.78 is 42.6. The first-order chi connectivity index (χ1) is 10.9. The Bertz CT molecular complexity index is 826. The highest BCUT2D eigenvalue weighted by atomic mass is 79.9. The van der Waals surface area contributed by atoms with Crippen molar-refractivity contribution in [1.82, 2.24) is 0 Å². The molecule has 0 N–H and O–H groups in total. The van der Waals surface area contributed by atoms with Gasteiger partial charge < -0.3 is 0 Å². The summed E-state index contributed by atoms with van der Waals surface area (Å²) in [5.74, 6) is -0.568. The molecule has 1 aliphatic heterocycles. The Kier molecular flexibility index (Phi) is 4.33. The molecule has 0 bridgehead atoms. The fourth-order valence-electron chi connectivity index (χ4n) is 2.60. The molecule has 4 nitrogen and oxygen atoms in total. The van der Waals surface area contributed by atoms with E-state index in [1.807, 2.05) is 6.92 Å². The molecule has 0 spiro atoms. The molecule has 0 saturated carbocycles. The lowest BCUT2D eigenvalue weighted by Gasteiger charge is -2.22. The Balaban J connectivity index is 2.13. The van der Waals surface area contributed by atoms with Gasteiger partial charge in [0.25, 0.3) is 0 Å². The Morgan fingerprint density at radius 3 is 2.22 bits per heavy atom. The zero-order chi connectivity index (χ0) is 16.6. The molecule has 0 aromatic heterocycles. The number of nitrogens with zero attached hydrogens (tertiary/aromatic N) is 2. The van der Waals surface area contributed by atoms with Gasteiger partial charge in [-0.3, -0.25) is 4.31 Å². The van der Waals surface area contributed by atoms with Gasteiger partial charge in [-0.2, -0.15) is 8.42 Å². The molecule has 0 amide bonds. The minimum atomic E-state index is -3.85. The van der Waals surface area contributed by atoms with Crippen LogP contribution in [0.4, 0.5) is 21.5 Å². The molecule has 3 rings (SSSR count).